The number of hydrogen-bond acceptors (Lipinski definition) is 4. The summed E-state index contributed by atoms with van der Waals surface area (Å²) in [7, 11) is 0. The molecule has 1 N–H and O–H groups in total. The van der Waals surface area contributed by atoms with Crippen molar-refractivity contribution in [2.24, 2.45) is 5.10 Å². The molecule has 6 nitrogen and oxygen atoms in total. The van der Waals surface area contributed by atoms with Crippen LogP contribution in [-0.4, -0.2) is 28.7 Å². The Morgan fingerprint density at radius 2 is 1.77 bits per heavy atom. The average Bonchev–Trinajstić information content (AvgIpc) is 3.54. The maximum Gasteiger partial charge on any atom is 0.357 e. The first-order chi connectivity index (χ1) is 17.0. The third-order valence-corrected chi connectivity index (χ3v) is 7.23. The molecular weight excluding hydrogens is 438 g/mol. The van der Waals surface area contributed by atoms with Gasteiger partial charge in [-0.05, 0) is 73.4 Å². The lowest BCUT2D eigenvalue weighted by molar-refractivity contribution is -0.129. The summed E-state index contributed by atoms with van der Waals surface area (Å²) >= 11 is 0. The van der Waals surface area contributed by atoms with Gasteiger partial charge in [0.15, 0.2) is 5.71 Å². The van der Waals surface area contributed by atoms with Gasteiger partial charge >= 0.3 is 5.97 Å². The Hall–Kier alpha value is -4.19. The van der Waals surface area contributed by atoms with Crippen LogP contribution in [0.4, 0.5) is 17.1 Å². The monoisotopic (exact) mass is 463 g/mol. The Kier molecular flexibility index (Phi) is 5.02. The maximum absolute atomic E-state index is 13.2. The lowest BCUT2D eigenvalue weighted by atomic mass is 9.95. The van der Waals surface area contributed by atoms with Gasteiger partial charge in [0.1, 0.15) is 0 Å². The van der Waals surface area contributed by atoms with Crippen LogP contribution in [0.3, 0.4) is 0 Å². The van der Waals surface area contributed by atoms with E-state index in [1.807, 2.05) is 12.1 Å². The highest BCUT2D eigenvalue weighted by Crippen LogP contribution is 2.52. The number of aryl methyl sites for hydroxylation is 1. The van der Waals surface area contributed by atoms with Crippen LogP contribution >= 0.6 is 0 Å². The van der Waals surface area contributed by atoms with Crippen LogP contribution in [-0.2, 0) is 9.59 Å². The van der Waals surface area contributed by atoms with Crippen molar-refractivity contribution in [2.75, 3.05) is 9.91 Å². The number of anilines is 3. The standard InChI is InChI=1S/C29H25N3O3/c1-18-10-13-20(14-11-18)31-25-9-5-8-22(25)23-16-19(12-15-26(23)31)17-24-27(29(34)35)30-32(28(24)33)21-6-3-2-4-7-21/h2-4,6-7,10-17,22,25H,5,8-9H2,1H3,(H,34,35)/b24-17-. The first kappa shape index (κ1) is 21.4. The molecule has 1 aliphatic carbocycles. The van der Waals surface area contributed by atoms with Crippen LogP contribution in [0, 0.1) is 6.92 Å². The molecule has 0 saturated heterocycles. The zero-order valence-corrected chi connectivity index (χ0v) is 19.4. The number of rotatable bonds is 4. The molecule has 1 fully saturated rings. The molecule has 0 aromatic heterocycles. The number of amides is 1. The van der Waals surface area contributed by atoms with Gasteiger partial charge in [0, 0.05) is 23.3 Å². The molecule has 2 unspecified atom stereocenters. The minimum absolute atomic E-state index is 0.0951. The van der Waals surface area contributed by atoms with Gasteiger partial charge in [0.05, 0.1) is 11.3 Å². The van der Waals surface area contributed by atoms with E-state index in [4.69, 9.17) is 0 Å². The predicted octanol–water partition coefficient (Wildman–Crippen LogP) is 5.65. The Morgan fingerprint density at radius 1 is 1.00 bits per heavy atom. The van der Waals surface area contributed by atoms with Gasteiger partial charge in [-0.1, -0.05) is 48.4 Å². The van der Waals surface area contributed by atoms with Crippen LogP contribution in [0.2, 0.25) is 0 Å². The fourth-order valence-corrected chi connectivity index (χ4v) is 5.62. The highest BCUT2D eigenvalue weighted by Gasteiger charge is 2.42. The molecule has 6 rings (SSSR count). The van der Waals surface area contributed by atoms with Crippen molar-refractivity contribution < 1.29 is 14.7 Å². The molecule has 6 heteroatoms. The molecule has 3 aromatic carbocycles. The number of nitrogens with zero attached hydrogens (tertiary/aromatic N) is 3. The summed E-state index contributed by atoms with van der Waals surface area (Å²) in [4.78, 5) is 27.6. The number of hydrogen-bond donors (Lipinski definition) is 1. The highest BCUT2D eigenvalue weighted by atomic mass is 16.4. The first-order valence-electron chi connectivity index (χ1n) is 11.9. The van der Waals surface area contributed by atoms with E-state index in [1.165, 1.54) is 28.9 Å². The Morgan fingerprint density at radius 3 is 2.51 bits per heavy atom. The summed E-state index contributed by atoms with van der Waals surface area (Å²) in [5.41, 5.74) is 6.10. The number of carboxylic acid groups (broad SMARTS) is 1. The van der Waals surface area contributed by atoms with E-state index in [0.29, 0.717) is 17.6 Å². The van der Waals surface area contributed by atoms with Gasteiger partial charge in [0.2, 0.25) is 0 Å². The van der Waals surface area contributed by atoms with Crippen LogP contribution in [0.25, 0.3) is 6.08 Å². The van der Waals surface area contributed by atoms with E-state index in [1.54, 1.807) is 30.3 Å². The van der Waals surface area contributed by atoms with Crippen molar-refractivity contribution >= 4 is 40.7 Å². The van der Waals surface area contributed by atoms with Gasteiger partial charge in [-0.15, -0.1) is 0 Å². The molecule has 3 aromatic rings. The Balaban J connectivity index is 1.39. The van der Waals surface area contributed by atoms with Crippen molar-refractivity contribution in [3.63, 3.8) is 0 Å². The Bertz CT molecular complexity index is 1390. The van der Waals surface area contributed by atoms with Crippen LogP contribution in [0.5, 0.6) is 0 Å². The molecule has 2 atom stereocenters. The van der Waals surface area contributed by atoms with Crippen molar-refractivity contribution in [2.45, 2.75) is 38.1 Å². The molecule has 174 valence electrons. The second-order valence-corrected chi connectivity index (χ2v) is 9.39. The number of fused-ring (bicyclic) bond motifs is 3. The number of para-hydroxylation sites is 1. The van der Waals surface area contributed by atoms with Gasteiger partial charge in [-0.2, -0.15) is 10.1 Å². The van der Waals surface area contributed by atoms with Crippen molar-refractivity contribution in [3.05, 3.63) is 95.1 Å². The molecule has 0 spiro atoms. The number of carboxylic acids is 1. The van der Waals surface area contributed by atoms with E-state index >= 15 is 0 Å². The topological polar surface area (TPSA) is 73.2 Å². The molecule has 1 amide bonds. The molecule has 0 radical (unpaired) electrons. The minimum atomic E-state index is -1.22. The quantitative estimate of drug-likeness (QED) is 0.507. The number of hydrazone groups is 1. The van der Waals surface area contributed by atoms with Gasteiger partial charge in [-0.3, -0.25) is 4.79 Å². The van der Waals surface area contributed by atoms with E-state index < -0.39 is 11.9 Å². The average molecular weight is 464 g/mol. The van der Waals surface area contributed by atoms with Gasteiger partial charge in [0.25, 0.3) is 5.91 Å². The predicted molar refractivity (Wildman–Crippen MR) is 137 cm³/mol. The second kappa shape index (κ2) is 8.24. The molecule has 2 aliphatic heterocycles. The van der Waals surface area contributed by atoms with E-state index in [2.05, 4.69) is 53.3 Å². The number of aliphatic carboxylic acids is 1. The third-order valence-electron chi connectivity index (χ3n) is 7.23. The summed E-state index contributed by atoms with van der Waals surface area (Å²) in [5.74, 6) is -1.22. The molecule has 0 bridgehead atoms. The largest absolute Gasteiger partial charge is 0.476 e. The molecule has 2 heterocycles. The summed E-state index contributed by atoms with van der Waals surface area (Å²) in [5, 5.41) is 15.0. The Labute approximate surface area is 203 Å². The smallest absolute Gasteiger partial charge is 0.357 e. The fourth-order valence-electron chi connectivity index (χ4n) is 5.62. The maximum atomic E-state index is 13.2. The zero-order chi connectivity index (χ0) is 24.1. The first-order valence-corrected chi connectivity index (χ1v) is 11.9. The van der Waals surface area contributed by atoms with Gasteiger partial charge < -0.3 is 10.0 Å². The minimum Gasteiger partial charge on any atom is -0.476 e. The lowest BCUT2D eigenvalue weighted by Gasteiger charge is -2.27. The lowest BCUT2D eigenvalue weighted by Crippen LogP contribution is -2.26. The molecular formula is C29H25N3O3. The van der Waals surface area contributed by atoms with Crippen molar-refractivity contribution in [3.8, 4) is 0 Å². The summed E-state index contributed by atoms with van der Waals surface area (Å²) in [6.07, 6.45) is 5.12. The van der Waals surface area contributed by atoms with E-state index in [9.17, 15) is 14.7 Å². The molecule has 35 heavy (non-hydrogen) atoms. The summed E-state index contributed by atoms with van der Waals surface area (Å²) in [6.45, 7) is 2.10. The summed E-state index contributed by atoms with van der Waals surface area (Å²) < 4.78 is 0. The van der Waals surface area contributed by atoms with Crippen molar-refractivity contribution in [1.82, 2.24) is 0 Å². The summed E-state index contributed by atoms with van der Waals surface area (Å²) in [6, 6.07) is 24.2. The SMILES string of the molecule is Cc1ccc(N2c3ccc(/C=C4\C(=O)N(c5ccccc5)N=C4C(=O)O)cc3C3CCCC32)cc1. The number of carbonyl (C=O) groups excluding carboxylic acids is 1. The van der Waals surface area contributed by atoms with Crippen LogP contribution in [0.1, 0.15) is 41.9 Å². The fraction of sp³-hybridized carbons (Fsp3) is 0.207. The van der Waals surface area contributed by atoms with E-state index in [-0.39, 0.29) is 11.3 Å². The van der Waals surface area contributed by atoms with Gasteiger partial charge in [-0.25, -0.2) is 4.79 Å². The van der Waals surface area contributed by atoms with E-state index in [0.717, 1.165) is 23.4 Å². The number of carbonyl (C=O) groups is 2. The highest BCUT2D eigenvalue weighted by molar-refractivity contribution is 6.53. The number of benzene rings is 3. The second-order valence-electron chi connectivity index (χ2n) is 9.39. The van der Waals surface area contributed by atoms with Crippen molar-refractivity contribution in [1.29, 1.82) is 0 Å². The zero-order valence-electron chi connectivity index (χ0n) is 19.4. The third kappa shape index (κ3) is 3.53. The van der Waals surface area contributed by atoms with Crippen LogP contribution in [0.15, 0.2) is 83.5 Å². The molecule has 3 aliphatic rings. The normalized spacial score (nSPS) is 21.9. The van der Waals surface area contributed by atoms with Crippen LogP contribution < -0.4 is 9.91 Å². The molecule has 1 saturated carbocycles.